The van der Waals surface area contributed by atoms with E-state index in [1.54, 1.807) is 6.92 Å². The molecule has 0 saturated heterocycles. The lowest BCUT2D eigenvalue weighted by atomic mass is 10.2. The van der Waals surface area contributed by atoms with E-state index in [-0.39, 0.29) is 30.2 Å². The first-order valence-corrected chi connectivity index (χ1v) is 5.53. The molecule has 2 N–H and O–H groups in total. The maximum atomic E-state index is 12.2. The third kappa shape index (κ3) is 3.98. The smallest absolute Gasteiger partial charge is 0.480 e. The molecule has 1 rings (SSSR count). The molecular formula is C11H13F3N2O4. The van der Waals surface area contributed by atoms with Crippen molar-refractivity contribution in [2.75, 3.05) is 13.7 Å². The lowest BCUT2D eigenvalue weighted by Gasteiger charge is -2.14. The highest BCUT2D eigenvalue weighted by molar-refractivity contribution is 5.92. The topological polar surface area (TPSA) is 83.7 Å². The van der Waals surface area contributed by atoms with E-state index in [1.807, 2.05) is 0 Å². The first-order valence-electron chi connectivity index (χ1n) is 5.53. The molecule has 0 aliphatic rings. The molecule has 0 atom stereocenters. The predicted molar refractivity (Wildman–Crippen MR) is 61.3 cm³/mol. The van der Waals surface area contributed by atoms with Crippen LogP contribution in [-0.4, -0.2) is 31.0 Å². The summed E-state index contributed by atoms with van der Waals surface area (Å²) in [5.41, 5.74) is 5.11. The number of aromatic nitrogens is 1. The molecule has 0 aromatic carbocycles. The van der Waals surface area contributed by atoms with Gasteiger partial charge in [0.2, 0.25) is 11.8 Å². The predicted octanol–water partition coefficient (Wildman–Crippen LogP) is 1.62. The van der Waals surface area contributed by atoms with Gasteiger partial charge in [-0.3, -0.25) is 0 Å². The zero-order chi connectivity index (χ0) is 15.3. The third-order valence-corrected chi connectivity index (χ3v) is 2.15. The summed E-state index contributed by atoms with van der Waals surface area (Å²) in [6.45, 7) is 1.39. The van der Waals surface area contributed by atoms with Crippen molar-refractivity contribution in [2.45, 2.75) is 19.8 Å². The summed E-state index contributed by atoms with van der Waals surface area (Å²) in [7, 11) is 1.16. The van der Waals surface area contributed by atoms with Crippen LogP contribution in [0, 0.1) is 0 Å². The highest BCUT2D eigenvalue weighted by Crippen LogP contribution is 2.29. The molecule has 0 aliphatic carbocycles. The number of hydrogen-bond donors (Lipinski definition) is 1. The van der Waals surface area contributed by atoms with E-state index < -0.39 is 18.2 Å². The van der Waals surface area contributed by atoms with Crippen molar-refractivity contribution < 1.29 is 32.2 Å². The first-order chi connectivity index (χ1) is 9.32. The Balaban J connectivity index is 3.26. The van der Waals surface area contributed by atoms with Crippen LogP contribution < -0.4 is 15.2 Å². The molecule has 0 saturated carbocycles. The zero-order valence-corrected chi connectivity index (χ0v) is 10.8. The van der Waals surface area contributed by atoms with Gasteiger partial charge in [0.15, 0.2) is 0 Å². The number of rotatable bonds is 5. The minimum Gasteiger partial charge on any atom is -0.480 e. The minimum atomic E-state index is -4.92. The van der Waals surface area contributed by atoms with Crippen molar-refractivity contribution in [1.29, 1.82) is 0 Å². The van der Waals surface area contributed by atoms with Crippen LogP contribution in [-0.2, 0) is 11.3 Å². The van der Waals surface area contributed by atoms with Gasteiger partial charge in [-0.2, -0.15) is 4.98 Å². The third-order valence-electron chi connectivity index (χ3n) is 2.15. The van der Waals surface area contributed by atoms with Crippen LogP contribution in [0.5, 0.6) is 11.8 Å². The molecule has 9 heteroatoms. The van der Waals surface area contributed by atoms with E-state index in [0.29, 0.717) is 0 Å². The van der Waals surface area contributed by atoms with Gasteiger partial charge in [-0.1, -0.05) is 0 Å². The van der Waals surface area contributed by atoms with Crippen LogP contribution in [0.1, 0.15) is 22.8 Å². The van der Waals surface area contributed by atoms with Gasteiger partial charge < -0.3 is 19.9 Å². The van der Waals surface area contributed by atoms with Crippen LogP contribution in [0.4, 0.5) is 13.2 Å². The number of alkyl halides is 3. The lowest BCUT2D eigenvalue weighted by Crippen LogP contribution is -2.20. The molecule has 0 amide bonds. The maximum Gasteiger partial charge on any atom is 0.574 e. The molecule has 6 nitrogen and oxygen atoms in total. The first kappa shape index (κ1) is 16.0. The van der Waals surface area contributed by atoms with Crippen LogP contribution >= 0.6 is 0 Å². The fraction of sp³-hybridized carbons (Fsp3) is 0.455. The number of nitrogens with two attached hydrogens (primary N) is 1. The summed E-state index contributed by atoms with van der Waals surface area (Å²) in [6.07, 6.45) is -4.92. The number of carbonyl (C=O) groups excluding carboxylic acids is 1. The van der Waals surface area contributed by atoms with Crippen LogP contribution in [0.25, 0.3) is 0 Å². The number of pyridine rings is 1. The molecule has 0 bridgehead atoms. The Bertz CT molecular complexity index is 491. The standard InChI is InChI=1S/C11H13F3N2O4/c1-3-19-10(17)7-4-6(5-15)8(16-9(7)18-2)20-11(12,13)14/h4H,3,5,15H2,1-2H3. The monoisotopic (exact) mass is 294 g/mol. The molecule has 0 aliphatic heterocycles. The second kappa shape index (κ2) is 6.42. The Morgan fingerprint density at radius 3 is 2.50 bits per heavy atom. The van der Waals surface area contributed by atoms with Gasteiger partial charge in [0.1, 0.15) is 5.56 Å². The number of ether oxygens (including phenoxy) is 3. The number of hydrogen-bond acceptors (Lipinski definition) is 6. The van der Waals surface area contributed by atoms with Gasteiger partial charge in [-0.25, -0.2) is 4.79 Å². The normalized spacial score (nSPS) is 11.1. The van der Waals surface area contributed by atoms with Crippen molar-refractivity contribution in [3.05, 3.63) is 17.2 Å². The summed E-state index contributed by atoms with van der Waals surface area (Å²) in [6, 6.07) is 1.10. The van der Waals surface area contributed by atoms with E-state index in [9.17, 15) is 18.0 Å². The minimum absolute atomic E-state index is 0.0915. The van der Waals surface area contributed by atoms with Crippen molar-refractivity contribution in [1.82, 2.24) is 4.98 Å². The molecule has 0 spiro atoms. The lowest BCUT2D eigenvalue weighted by molar-refractivity contribution is -0.276. The summed E-state index contributed by atoms with van der Waals surface area (Å²) >= 11 is 0. The second-order valence-corrected chi connectivity index (χ2v) is 3.48. The molecule has 1 aromatic heterocycles. The van der Waals surface area contributed by atoms with E-state index in [4.69, 9.17) is 15.2 Å². The number of carbonyl (C=O) groups is 1. The Kier molecular flexibility index (Phi) is 5.14. The van der Waals surface area contributed by atoms with Gasteiger partial charge in [0.25, 0.3) is 0 Å². The quantitative estimate of drug-likeness (QED) is 0.831. The summed E-state index contributed by atoms with van der Waals surface area (Å²) in [5, 5.41) is 0. The number of methoxy groups -OCH3 is 1. The van der Waals surface area contributed by atoms with Gasteiger partial charge >= 0.3 is 12.3 Å². The van der Waals surface area contributed by atoms with E-state index in [1.165, 1.54) is 0 Å². The average Bonchev–Trinajstić information content (AvgIpc) is 2.36. The number of esters is 1. The van der Waals surface area contributed by atoms with Gasteiger partial charge in [-0.05, 0) is 13.0 Å². The van der Waals surface area contributed by atoms with Crippen molar-refractivity contribution >= 4 is 5.97 Å². The highest BCUT2D eigenvalue weighted by atomic mass is 19.4. The van der Waals surface area contributed by atoms with Crippen molar-refractivity contribution in [3.8, 4) is 11.8 Å². The average molecular weight is 294 g/mol. The maximum absolute atomic E-state index is 12.2. The zero-order valence-electron chi connectivity index (χ0n) is 10.8. The van der Waals surface area contributed by atoms with Crippen molar-refractivity contribution in [2.24, 2.45) is 5.73 Å². The Morgan fingerprint density at radius 1 is 1.40 bits per heavy atom. The fourth-order valence-corrected chi connectivity index (χ4v) is 1.38. The number of nitrogens with zero attached hydrogens (tertiary/aromatic N) is 1. The van der Waals surface area contributed by atoms with Gasteiger partial charge in [-0.15, -0.1) is 13.2 Å². The van der Waals surface area contributed by atoms with E-state index >= 15 is 0 Å². The Hall–Kier alpha value is -2.03. The summed E-state index contributed by atoms with van der Waals surface area (Å²) < 4.78 is 50.0. The largest absolute Gasteiger partial charge is 0.574 e. The van der Waals surface area contributed by atoms with Crippen molar-refractivity contribution in [3.63, 3.8) is 0 Å². The molecule has 112 valence electrons. The second-order valence-electron chi connectivity index (χ2n) is 3.48. The molecule has 20 heavy (non-hydrogen) atoms. The highest BCUT2D eigenvalue weighted by Gasteiger charge is 2.34. The SMILES string of the molecule is CCOC(=O)c1cc(CN)c(OC(F)(F)F)nc1OC. The van der Waals surface area contributed by atoms with Crippen LogP contribution in [0.15, 0.2) is 6.07 Å². The molecule has 0 fully saturated rings. The van der Waals surface area contributed by atoms with Gasteiger partial charge in [0, 0.05) is 12.1 Å². The summed E-state index contributed by atoms with van der Waals surface area (Å²) in [4.78, 5) is 15.1. The number of halogens is 3. The summed E-state index contributed by atoms with van der Waals surface area (Å²) in [5.74, 6) is -1.87. The Morgan fingerprint density at radius 2 is 2.05 bits per heavy atom. The molecule has 1 heterocycles. The molecule has 0 radical (unpaired) electrons. The van der Waals surface area contributed by atoms with Crippen LogP contribution in [0.2, 0.25) is 0 Å². The van der Waals surface area contributed by atoms with Crippen LogP contribution in [0.3, 0.4) is 0 Å². The Labute approximate surface area is 112 Å². The molecular weight excluding hydrogens is 281 g/mol. The molecule has 0 unspecified atom stereocenters. The van der Waals surface area contributed by atoms with Gasteiger partial charge in [0.05, 0.1) is 13.7 Å². The molecule has 1 aromatic rings. The fourth-order valence-electron chi connectivity index (χ4n) is 1.38. The van der Waals surface area contributed by atoms with E-state index in [0.717, 1.165) is 13.2 Å². The van der Waals surface area contributed by atoms with E-state index in [2.05, 4.69) is 9.72 Å².